The molecule has 0 bridgehead atoms. The smallest absolute Gasteiger partial charge is 0.280 e. The lowest BCUT2D eigenvalue weighted by atomic mass is 10.1. The summed E-state index contributed by atoms with van der Waals surface area (Å²) in [5.41, 5.74) is 5.40. The molecular weight excluding hydrogens is 346 g/mol. The van der Waals surface area contributed by atoms with E-state index in [0.717, 1.165) is 11.1 Å². The number of anilines is 1. The Balaban J connectivity index is 1.54. The van der Waals surface area contributed by atoms with E-state index >= 15 is 0 Å². The number of hydrazine groups is 1. The number of aryl methyl sites for hydroxylation is 2. The van der Waals surface area contributed by atoms with Crippen LogP contribution in [0.4, 0.5) is 5.69 Å². The maximum Gasteiger partial charge on any atom is 0.280 e. The molecule has 1 heterocycles. The molecule has 0 saturated heterocycles. The molecule has 138 valence electrons. The summed E-state index contributed by atoms with van der Waals surface area (Å²) in [6.45, 7) is 3.80. The fraction of sp³-hybridized carbons (Fsp3) is 0.200. The molecule has 2 aromatic carbocycles. The Morgan fingerprint density at radius 2 is 1.48 bits per heavy atom. The number of hydrogen-bond acceptors (Lipinski definition) is 4. The van der Waals surface area contributed by atoms with Crippen LogP contribution in [0, 0.1) is 13.8 Å². The van der Waals surface area contributed by atoms with Gasteiger partial charge in [-0.2, -0.15) is 5.01 Å². The van der Waals surface area contributed by atoms with E-state index in [2.05, 4.69) is 10.7 Å². The van der Waals surface area contributed by atoms with Gasteiger partial charge in [0.2, 0.25) is 11.8 Å². The van der Waals surface area contributed by atoms with Crippen LogP contribution in [0.3, 0.4) is 0 Å². The first kappa shape index (κ1) is 18.3. The van der Waals surface area contributed by atoms with Crippen LogP contribution in [-0.4, -0.2) is 28.6 Å². The van der Waals surface area contributed by atoms with E-state index in [-0.39, 0.29) is 29.9 Å². The summed E-state index contributed by atoms with van der Waals surface area (Å²) in [6, 6.07) is 12.0. The lowest BCUT2D eigenvalue weighted by molar-refractivity contribution is -0.126. The molecule has 7 nitrogen and oxygen atoms in total. The van der Waals surface area contributed by atoms with Crippen LogP contribution in [-0.2, 0) is 9.59 Å². The summed E-state index contributed by atoms with van der Waals surface area (Å²) in [5.74, 6) is -2.06. The highest BCUT2D eigenvalue weighted by Gasteiger charge is 2.36. The topological polar surface area (TPSA) is 95.6 Å². The van der Waals surface area contributed by atoms with Gasteiger partial charge in [0.15, 0.2) is 0 Å². The van der Waals surface area contributed by atoms with E-state index in [1.807, 2.05) is 32.0 Å². The molecule has 4 amide bonds. The molecule has 0 aliphatic carbocycles. The molecule has 1 aliphatic heterocycles. The molecule has 27 heavy (non-hydrogen) atoms. The molecular formula is C20H19N3O4. The first-order valence-corrected chi connectivity index (χ1v) is 8.51. The predicted molar refractivity (Wildman–Crippen MR) is 98.9 cm³/mol. The highest BCUT2D eigenvalue weighted by atomic mass is 16.2. The number of hydrogen-bond donors (Lipinski definition) is 2. The monoisotopic (exact) mass is 365 g/mol. The summed E-state index contributed by atoms with van der Waals surface area (Å²) in [5, 5.41) is 3.46. The van der Waals surface area contributed by atoms with Gasteiger partial charge in [0.05, 0.1) is 11.1 Å². The maximum atomic E-state index is 12.2. The van der Waals surface area contributed by atoms with E-state index < -0.39 is 17.7 Å². The fourth-order valence-corrected chi connectivity index (χ4v) is 2.78. The zero-order valence-electron chi connectivity index (χ0n) is 15.0. The standard InChI is InChI=1S/C20H19N3O4/c1-12-7-8-13(2)16(11-12)21-17(24)9-10-18(25)22-23-19(26)14-5-3-4-6-15(14)20(23)27/h3-8,11H,9-10H2,1-2H3,(H,21,24)(H,22,25). The Morgan fingerprint density at radius 3 is 2.11 bits per heavy atom. The van der Waals surface area contributed by atoms with Gasteiger partial charge in [-0.1, -0.05) is 24.3 Å². The van der Waals surface area contributed by atoms with Gasteiger partial charge in [0, 0.05) is 18.5 Å². The van der Waals surface area contributed by atoms with E-state index in [1.165, 1.54) is 12.1 Å². The first-order chi connectivity index (χ1) is 12.9. The van der Waals surface area contributed by atoms with Crippen molar-refractivity contribution >= 4 is 29.3 Å². The molecule has 7 heteroatoms. The van der Waals surface area contributed by atoms with Crippen LogP contribution in [0.15, 0.2) is 42.5 Å². The van der Waals surface area contributed by atoms with E-state index in [9.17, 15) is 19.2 Å². The molecule has 2 N–H and O–H groups in total. The van der Waals surface area contributed by atoms with Crippen molar-refractivity contribution in [3.63, 3.8) is 0 Å². The molecule has 2 aromatic rings. The number of benzene rings is 2. The maximum absolute atomic E-state index is 12.2. The van der Waals surface area contributed by atoms with Crippen molar-refractivity contribution in [3.8, 4) is 0 Å². The highest BCUT2D eigenvalue weighted by Crippen LogP contribution is 2.21. The summed E-state index contributed by atoms with van der Waals surface area (Å²) in [6.07, 6.45) is -0.216. The van der Waals surface area contributed by atoms with E-state index in [0.29, 0.717) is 10.7 Å². The van der Waals surface area contributed by atoms with Crippen molar-refractivity contribution in [2.75, 3.05) is 5.32 Å². The van der Waals surface area contributed by atoms with E-state index in [1.54, 1.807) is 12.1 Å². The minimum absolute atomic E-state index is 0.0671. The van der Waals surface area contributed by atoms with Crippen molar-refractivity contribution < 1.29 is 19.2 Å². The Bertz CT molecular complexity index is 917. The number of amides is 4. The third-order valence-corrected chi connectivity index (χ3v) is 4.28. The van der Waals surface area contributed by atoms with Crippen molar-refractivity contribution in [3.05, 3.63) is 64.7 Å². The summed E-state index contributed by atoms with van der Waals surface area (Å²) < 4.78 is 0. The minimum Gasteiger partial charge on any atom is -0.326 e. The van der Waals surface area contributed by atoms with Gasteiger partial charge < -0.3 is 5.32 Å². The Hall–Kier alpha value is -3.48. The SMILES string of the molecule is Cc1ccc(C)c(NC(=O)CCC(=O)NN2C(=O)c3ccccc3C2=O)c1. The summed E-state index contributed by atoms with van der Waals surface area (Å²) >= 11 is 0. The molecule has 0 unspecified atom stereocenters. The summed E-state index contributed by atoms with van der Waals surface area (Å²) in [7, 11) is 0. The normalized spacial score (nSPS) is 12.7. The van der Waals surface area contributed by atoms with Crippen LogP contribution in [0.1, 0.15) is 44.7 Å². The Morgan fingerprint density at radius 1 is 0.889 bits per heavy atom. The van der Waals surface area contributed by atoms with Gasteiger partial charge in [0.25, 0.3) is 11.8 Å². The second kappa shape index (κ2) is 7.41. The molecule has 0 saturated carbocycles. The third kappa shape index (κ3) is 3.87. The van der Waals surface area contributed by atoms with Crippen molar-refractivity contribution in [1.82, 2.24) is 10.4 Å². The predicted octanol–water partition coefficient (Wildman–Crippen LogP) is 2.35. The van der Waals surface area contributed by atoms with Crippen LogP contribution >= 0.6 is 0 Å². The second-order valence-electron chi connectivity index (χ2n) is 6.39. The minimum atomic E-state index is -0.583. The Kier molecular flexibility index (Phi) is 5.03. The van der Waals surface area contributed by atoms with Crippen LogP contribution in [0.2, 0.25) is 0 Å². The van der Waals surface area contributed by atoms with E-state index in [4.69, 9.17) is 0 Å². The lowest BCUT2D eigenvalue weighted by Crippen LogP contribution is -2.46. The van der Waals surface area contributed by atoms with Gasteiger partial charge in [-0.3, -0.25) is 24.6 Å². The fourth-order valence-electron chi connectivity index (χ4n) is 2.78. The number of imide groups is 1. The molecule has 0 spiro atoms. The van der Waals surface area contributed by atoms with Crippen LogP contribution in [0.5, 0.6) is 0 Å². The molecule has 0 fully saturated rings. The van der Waals surface area contributed by atoms with Gasteiger partial charge in [-0.05, 0) is 43.2 Å². The first-order valence-electron chi connectivity index (χ1n) is 8.51. The van der Waals surface area contributed by atoms with Gasteiger partial charge >= 0.3 is 0 Å². The average Bonchev–Trinajstić information content (AvgIpc) is 2.88. The summed E-state index contributed by atoms with van der Waals surface area (Å²) in [4.78, 5) is 48.6. The lowest BCUT2D eigenvalue weighted by Gasteiger charge is -2.15. The van der Waals surface area contributed by atoms with Gasteiger partial charge in [-0.15, -0.1) is 0 Å². The van der Waals surface area contributed by atoms with Crippen LogP contribution < -0.4 is 10.7 Å². The average molecular weight is 365 g/mol. The second-order valence-corrected chi connectivity index (χ2v) is 6.39. The molecule has 3 rings (SSSR count). The van der Waals surface area contributed by atoms with Gasteiger partial charge in [-0.25, -0.2) is 0 Å². The largest absolute Gasteiger partial charge is 0.326 e. The number of fused-ring (bicyclic) bond motifs is 1. The third-order valence-electron chi connectivity index (χ3n) is 4.28. The molecule has 0 atom stereocenters. The Labute approximate surface area is 156 Å². The van der Waals surface area contributed by atoms with Crippen molar-refractivity contribution in [2.45, 2.75) is 26.7 Å². The van der Waals surface area contributed by atoms with Crippen molar-refractivity contribution in [1.29, 1.82) is 0 Å². The molecule has 1 aliphatic rings. The quantitative estimate of drug-likeness (QED) is 0.795. The zero-order chi connectivity index (χ0) is 19.6. The number of nitrogens with zero attached hydrogens (tertiary/aromatic N) is 1. The number of carbonyl (C=O) groups is 4. The number of nitrogens with one attached hydrogen (secondary N) is 2. The molecule has 0 radical (unpaired) electrons. The van der Waals surface area contributed by atoms with Crippen molar-refractivity contribution in [2.24, 2.45) is 0 Å². The highest BCUT2D eigenvalue weighted by molar-refractivity contribution is 6.21. The number of rotatable bonds is 5. The van der Waals surface area contributed by atoms with Crippen LogP contribution in [0.25, 0.3) is 0 Å². The number of carbonyl (C=O) groups excluding carboxylic acids is 4. The molecule has 0 aromatic heterocycles. The van der Waals surface area contributed by atoms with Gasteiger partial charge in [0.1, 0.15) is 0 Å². The zero-order valence-corrected chi connectivity index (χ0v) is 15.0.